The molecule has 0 unspecified atom stereocenters. The first-order chi connectivity index (χ1) is 17.0. The third-order valence-electron chi connectivity index (χ3n) is 6.32. The zero-order chi connectivity index (χ0) is 25.4. The van der Waals surface area contributed by atoms with Gasteiger partial charge in [-0.1, -0.05) is 57.2 Å². The molecule has 2 aromatic carbocycles. The van der Waals surface area contributed by atoms with E-state index in [0.29, 0.717) is 42.2 Å². The van der Waals surface area contributed by atoms with E-state index >= 15 is 0 Å². The highest BCUT2D eigenvalue weighted by molar-refractivity contribution is 6.46. The second kappa shape index (κ2) is 12.4. The normalized spacial score (nSPS) is 17.3. The highest BCUT2D eigenvalue weighted by Crippen LogP contribution is 2.42. The average Bonchev–Trinajstić information content (AvgIpc) is 3.14. The summed E-state index contributed by atoms with van der Waals surface area (Å²) in [6, 6.07) is 13.5. The van der Waals surface area contributed by atoms with Gasteiger partial charge in [-0.3, -0.25) is 9.59 Å². The summed E-state index contributed by atoms with van der Waals surface area (Å²) in [6.45, 7) is 9.83. The third-order valence-corrected chi connectivity index (χ3v) is 6.32. The molecule has 35 heavy (non-hydrogen) atoms. The Hall–Kier alpha value is -3.32. The first kappa shape index (κ1) is 26.3. The number of likely N-dealkylation sites (tertiary alicyclic amines) is 1. The fourth-order valence-corrected chi connectivity index (χ4v) is 4.40. The molecule has 1 saturated heterocycles. The van der Waals surface area contributed by atoms with Crippen LogP contribution in [0.4, 0.5) is 0 Å². The monoisotopic (exact) mass is 480 g/mol. The molecule has 7 nitrogen and oxygen atoms in total. The standard InChI is InChI=1S/C28H36N2O5/c1-5-18-35-22-15-14-21(19-23(22)34-4)25-24(26(31)20-12-9-8-10-13-20)27(32)28(33)30(25)17-11-16-29(6-2)7-3/h8-10,12-15,19,25,31H,5-7,11,16-18H2,1-4H3/b26-24+/t25-/m1/s1. The maximum atomic E-state index is 13.2. The number of carbonyl (C=O) groups is 2. The molecule has 0 saturated carbocycles. The lowest BCUT2D eigenvalue weighted by Crippen LogP contribution is -2.33. The molecule has 3 rings (SSSR count). The minimum Gasteiger partial charge on any atom is -0.507 e. The number of benzene rings is 2. The molecule has 188 valence electrons. The molecular formula is C28H36N2O5. The minimum absolute atomic E-state index is 0.0910. The van der Waals surface area contributed by atoms with Crippen molar-refractivity contribution in [2.24, 2.45) is 0 Å². The number of hydrogen-bond donors (Lipinski definition) is 1. The van der Waals surface area contributed by atoms with Crippen LogP contribution in [0.1, 0.15) is 50.8 Å². The molecule has 0 bridgehead atoms. The molecule has 0 aliphatic carbocycles. The van der Waals surface area contributed by atoms with Crippen LogP contribution in [0.3, 0.4) is 0 Å². The number of rotatable bonds is 12. The van der Waals surface area contributed by atoms with Crippen molar-refractivity contribution in [1.82, 2.24) is 9.80 Å². The molecule has 1 aliphatic rings. The molecule has 1 fully saturated rings. The van der Waals surface area contributed by atoms with E-state index in [-0.39, 0.29) is 11.3 Å². The van der Waals surface area contributed by atoms with Crippen LogP contribution in [0.5, 0.6) is 11.5 Å². The van der Waals surface area contributed by atoms with Crippen LogP contribution in [-0.2, 0) is 9.59 Å². The molecule has 0 aromatic heterocycles. The predicted octanol–water partition coefficient (Wildman–Crippen LogP) is 4.64. The van der Waals surface area contributed by atoms with Crippen molar-refractivity contribution in [3.05, 3.63) is 65.2 Å². The van der Waals surface area contributed by atoms with Crippen molar-refractivity contribution >= 4 is 17.4 Å². The van der Waals surface area contributed by atoms with Crippen molar-refractivity contribution in [2.75, 3.05) is 39.9 Å². The highest BCUT2D eigenvalue weighted by Gasteiger charge is 2.46. The molecule has 1 N–H and O–H groups in total. The summed E-state index contributed by atoms with van der Waals surface area (Å²) in [4.78, 5) is 30.2. The average molecular weight is 481 g/mol. The zero-order valence-corrected chi connectivity index (χ0v) is 21.1. The largest absolute Gasteiger partial charge is 0.507 e. The summed E-state index contributed by atoms with van der Waals surface area (Å²) >= 11 is 0. The number of ketones is 1. The number of amides is 1. The van der Waals surface area contributed by atoms with Crippen LogP contribution in [0.25, 0.3) is 5.76 Å². The summed E-state index contributed by atoms with van der Waals surface area (Å²) in [5, 5.41) is 11.2. The maximum absolute atomic E-state index is 13.2. The van der Waals surface area contributed by atoms with Gasteiger partial charge < -0.3 is 24.4 Å². The quantitative estimate of drug-likeness (QED) is 0.271. The van der Waals surface area contributed by atoms with Crippen molar-refractivity contribution in [3.8, 4) is 11.5 Å². The van der Waals surface area contributed by atoms with Gasteiger partial charge in [0.1, 0.15) is 5.76 Å². The van der Waals surface area contributed by atoms with Gasteiger partial charge >= 0.3 is 0 Å². The number of ether oxygens (including phenoxy) is 2. The number of methoxy groups -OCH3 is 1. The van der Waals surface area contributed by atoms with Crippen molar-refractivity contribution < 1.29 is 24.2 Å². The molecule has 1 heterocycles. The fourth-order valence-electron chi connectivity index (χ4n) is 4.40. The van der Waals surface area contributed by atoms with E-state index in [2.05, 4.69) is 18.7 Å². The first-order valence-corrected chi connectivity index (χ1v) is 12.3. The van der Waals surface area contributed by atoms with Crippen molar-refractivity contribution in [2.45, 2.75) is 39.7 Å². The van der Waals surface area contributed by atoms with Crippen LogP contribution in [0, 0.1) is 0 Å². The van der Waals surface area contributed by atoms with Crippen LogP contribution >= 0.6 is 0 Å². The lowest BCUT2D eigenvalue weighted by molar-refractivity contribution is -0.140. The van der Waals surface area contributed by atoms with Gasteiger partial charge in [0, 0.05) is 12.1 Å². The van der Waals surface area contributed by atoms with Crippen molar-refractivity contribution in [3.63, 3.8) is 0 Å². The predicted molar refractivity (Wildman–Crippen MR) is 137 cm³/mol. The lowest BCUT2D eigenvalue weighted by Gasteiger charge is -2.27. The third kappa shape index (κ3) is 5.85. The molecule has 1 atom stereocenters. The van der Waals surface area contributed by atoms with Gasteiger partial charge in [0.05, 0.1) is 25.3 Å². The van der Waals surface area contributed by atoms with E-state index in [1.54, 1.807) is 48.4 Å². The SMILES string of the molecule is CCCOc1ccc([C@@H]2/C(=C(\O)c3ccccc3)C(=O)C(=O)N2CCCN(CC)CC)cc1OC. The second-order valence-electron chi connectivity index (χ2n) is 8.50. The Morgan fingerprint density at radius 2 is 1.74 bits per heavy atom. The molecule has 0 radical (unpaired) electrons. The first-order valence-electron chi connectivity index (χ1n) is 12.3. The van der Waals surface area contributed by atoms with E-state index in [4.69, 9.17) is 9.47 Å². The number of aliphatic hydroxyl groups is 1. The number of carbonyl (C=O) groups excluding carboxylic acids is 2. The van der Waals surface area contributed by atoms with Gasteiger partial charge in [0.25, 0.3) is 11.7 Å². The van der Waals surface area contributed by atoms with Gasteiger partial charge in [-0.05, 0) is 50.2 Å². The fraction of sp³-hybridized carbons (Fsp3) is 0.429. The van der Waals surface area contributed by atoms with E-state index < -0.39 is 17.7 Å². The Labute approximate surface area is 207 Å². The lowest BCUT2D eigenvalue weighted by atomic mass is 9.95. The van der Waals surface area contributed by atoms with Gasteiger partial charge in [-0.2, -0.15) is 0 Å². The van der Waals surface area contributed by atoms with E-state index in [1.165, 1.54) is 0 Å². The zero-order valence-electron chi connectivity index (χ0n) is 21.1. The van der Waals surface area contributed by atoms with E-state index in [9.17, 15) is 14.7 Å². The Morgan fingerprint density at radius 3 is 2.37 bits per heavy atom. The summed E-state index contributed by atoms with van der Waals surface area (Å²) in [7, 11) is 1.56. The van der Waals surface area contributed by atoms with Crippen molar-refractivity contribution in [1.29, 1.82) is 0 Å². The summed E-state index contributed by atoms with van der Waals surface area (Å²) in [6.07, 6.45) is 1.57. The van der Waals surface area contributed by atoms with E-state index in [1.807, 2.05) is 19.1 Å². The smallest absolute Gasteiger partial charge is 0.295 e. The summed E-state index contributed by atoms with van der Waals surface area (Å²) in [5.74, 6) is -0.337. The molecular weight excluding hydrogens is 444 g/mol. The highest BCUT2D eigenvalue weighted by atomic mass is 16.5. The molecule has 0 spiro atoms. The summed E-state index contributed by atoms with van der Waals surface area (Å²) in [5.41, 5.74) is 1.27. The topological polar surface area (TPSA) is 79.3 Å². The molecule has 1 aliphatic heterocycles. The number of hydrogen-bond acceptors (Lipinski definition) is 6. The molecule has 7 heteroatoms. The Morgan fingerprint density at radius 1 is 1.03 bits per heavy atom. The summed E-state index contributed by atoms with van der Waals surface area (Å²) < 4.78 is 11.3. The van der Waals surface area contributed by atoms with Gasteiger partial charge in [0.2, 0.25) is 0 Å². The molecule has 2 aromatic rings. The molecule has 1 amide bonds. The van der Waals surface area contributed by atoms with Gasteiger partial charge in [-0.15, -0.1) is 0 Å². The van der Waals surface area contributed by atoms with E-state index in [0.717, 1.165) is 26.1 Å². The van der Waals surface area contributed by atoms with Gasteiger partial charge in [0.15, 0.2) is 11.5 Å². The minimum atomic E-state index is -0.721. The second-order valence-corrected chi connectivity index (χ2v) is 8.50. The van der Waals surface area contributed by atoms with Crippen LogP contribution < -0.4 is 9.47 Å². The van der Waals surface area contributed by atoms with Crippen LogP contribution in [-0.4, -0.2) is 66.5 Å². The number of Topliss-reactive ketones (excluding diaryl/α,β-unsaturated/α-hetero) is 1. The van der Waals surface area contributed by atoms with Crippen LogP contribution in [0.15, 0.2) is 54.1 Å². The number of aliphatic hydroxyl groups excluding tert-OH is 1. The number of nitrogens with zero attached hydrogens (tertiary/aromatic N) is 2. The Kier molecular flexibility index (Phi) is 9.32. The van der Waals surface area contributed by atoms with Crippen LogP contribution in [0.2, 0.25) is 0 Å². The Balaban J connectivity index is 2.05. The maximum Gasteiger partial charge on any atom is 0.295 e. The Bertz CT molecular complexity index is 1050. The van der Waals surface area contributed by atoms with Gasteiger partial charge in [-0.25, -0.2) is 0 Å².